The molecule has 0 amide bonds. The maximum atomic E-state index is 12.9. The lowest BCUT2D eigenvalue weighted by atomic mass is 9.99. The van der Waals surface area contributed by atoms with E-state index in [1.165, 1.54) is 4.90 Å². The maximum Gasteiger partial charge on any atom is 0.417 e. The summed E-state index contributed by atoms with van der Waals surface area (Å²) in [4.78, 5) is 10.6. The van der Waals surface area contributed by atoms with Gasteiger partial charge in [0.2, 0.25) is 0 Å². The Morgan fingerprint density at radius 2 is 2.00 bits per heavy atom. The zero-order valence-corrected chi connectivity index (χ0v) is 18.5. The number of rotatable bonds is 6. The summed E-state index contributed by atoms with van der Waals surface area (Å²) in [5.41, 5.74) is 5.88. The van der Waals surface area contributed by atoms with E-state index in [1.54, 1.807) is 13.2 Å². The van der Waals surface area contributed by atoms with E-state index in [4.69, 9.17) is 10.5 Å². The van der Waals surface area contributed by atoms with Crippen LogP contribution < -0.4 is 10.6 Å². The number of nitrogens with two attached hydrogens (primary N) is 1. The number of hydrogen-bond acceptors (Lipinski definition) is 6. The van der Waals surface area contributed by atoms with Crippen LogP contribution in [-0.2, 0) is 21.4 Å². The molecule has 0 aliphatic heterocycles. The molecule has 0 saturated heterocycles. The van der Waals surface area contributed by atoms with Crippen LogP contribution in [0, 0.1) is 16.1 Å². The van der Waals surface area contributed by atoms with Crippen LogP contribution in [0.25, 0.3) is 5.70 Å². The number of anilines is 2. The Balaban J connectivity index is 2.05. The van der Waals surface area contributed by atoms with Crippen molar-refractivity contribution in [1.29, 1.82) is 10.0 Å². The summed E-state index contributed by atoms with van der Waals surface area (Å²) in [6.07, 6.45) is 1.20. The van der Waals surface area contributed by atoms with Crippen LogP contribution >= 0.6 is 0 Å². The lowest BCUT2D eigenvalue weighted by Gasteiger charge is -2.29. The molecule has 0 radical (unpaired) electrons. The average Bonchev–Trinajstić information content (AvgIpc) is 3.53. The van der Waals surface area contributed by atoms with Gasteiger partial charge in [-0.05, 0) is 42.5 Å². The quantitative estimate of drug-likeness (QED) is 0.566. The summed E-state index contributed by atoms with van der Waals surface area (Å²) in [5, 5.41) is 9.54. The van der Waals surface area contributed by atoms with Crippen molar-refractivity contribution in [2.45, 2.75) is 36.3 Å². The van der Waals surface area contributed by atoms with Crippen LogP contribution in [0.15, 0.2) is 36.0 Å². The molecule has 6 nitrogen and oxygen atoms in total. The first-order valence-electron chi connectivity index (χ1n) is 9.65. The smallest absolute Gasteiger partial charge is 0.396 e. The van der Waals surface area contributed by atoms with E-state index in [0.717, 1.165) is 30.7 Å². The van der Waals surface area contributed by atoms with E-state index < -0.39 is 27.0 Å². The van der Waals surface area contributed by atoms with Crippen molar-refractivity contribution < 1.29 is 13.2 Å². The topological polar surface area (TPSA) is 103 Å². The van der Waals surface area contributed by atoms with Crippen molar-refractivity contribution in [1.82, 2.24) is 9.97 Å². The molecule has 0 bridgehead atoms. The second kappa shape index (κ2) is 7.64. The molecule has 0 atom stereocenters. The Morgan fingerprint density at radius 1 is 1.35 bits per heavy atom. The molecule has 1 aliphatic carbocycles. The highest BCUT2D eigenvalue weighted by Crippen LogP contribution is 2.48. The van der Waals surface area contributed by atoms with Crippen molar-refractivity contribution in [2.24, 2.45) is 0 Å². The molecule has 3 N–H and O–H groups in total. The largest absolute Gasteiger partial charge is 0.417 e. The van der Waals surface area contributed by atoms with Gasteiger partial charge in [-0.2, -0.15) is 28.3 Å². The number of hydrogen-bond donors (Lipinski definition) is 3. The van der Waals surface area contributed by atoms with Crippen LogP contribution in [0.3, 0.4) is 0 Å². The molecule has 2 heterocycles. The maximum absolute atomic E-state index is 12.9. The Hall–Kier alpha value is -2.93. The van der Waals surface area contributed by atoms with Gasteiger partial charge >= 0.3 is 6.18 Å². The van der Waals surface area contributed by atoms with Gasteiger partial charge in [-0.1, -0.05) is 13.5 Å². The van der Waals surface area contributed by atoms with Crippen LogP contribution in [0.5, 0.6) is 0 Å². The van der Waals surface area contributed by atoms with E-state index in [9.17, 15) is 18.4 Å². The standard InChI is InChI=1S/C21H25F3N6S/c1-5-31(4,27)17-9-14(20(12-25)6-7-20)10-28-18(17)13(2)30(3)19-16(26)8-15(11-29-19)21(22,23)24/h8-11,27,31H,2,5-7,26H2,1,3-4H3. The van der Waals surface area contributed by atoms with Gasteiger partial charge in [0.1, 0.15) is 0 Å². The molecule has 2 aromatic heterocycles. The van der Waals surface area contributed by atoms with E-state index in [1.807, 2.05) is 19.2 Å². The summed E-state index contributed by atoms with van der Waals surface area (Å²) >= 11 is 0. The fourth-order valence-corrected chi connectivity index (χ4v) is 4.69. The highest BCUT2D eigenvalue weighted by Gasteiger charge is 2.45. The minimum absolute atomic E-state index is 0.118. The molecule has 1 fully saturated rings. The summed E-state index contributed by atoms with van der Waals surface area (Å²) in [5.74, 6) is 0.717. The van der Waals surface area contributed by atoms with Crippen molar-refractivity contribution >= 4 is 27.0 Å². The number of nitriles is 1. The fourth-order valence-electron chi connectivity index (χ4n) is 3.27. The number of thiol groups is 1. The van der Waals surface area contributed by atoms with Gasteiger partial charge in [0.25, 0.3) is 0 Å². The second-order valence-electron chi connectivity index (χ2n) is 7.93. The van der Waals surface area contributed by atoms with Gasteiger partial charge < -0.3 is 10.6 Å². The van der Waals surface area contributed by atoms with Gasteiger partial charge in [-0.3, -0.25) is 9.76 Å². The lowest BCUT2D eigenvalue weighted by Crippen LogP contribution is -2.23. The molecule has 3 rings (SSSR count). The molecular weight excluding hydrogens is 425 g/mol. The molecule has 0 spiro atoms. The van der Waals surface area contributed by atoms with Crippen LogP contribution in [0.1, 0.15) is 36.6 Å². The Labute approximate surface area is 180 Å². The highest BCUT2D eigenvalue weighted by molar-refractivity contribution is 8.03. The predicted molar refractivity (Wildman–Crippen MR) is 118 cm³/mol. The zero-order valence-electron chi connectivity index (χ0n) is 17.6. The Bertz CT molecular complexity index is 1130. The van der Waals surface area contributed by atoms with Crippen molar-refractivity contribution in [3.8, 4) is 6.07 Å². The van der Waals surface area contributed by atoms with Gasteiger partial charge in [0.05, 0.1) is 34.1 Å². The van der Waals surface area contributed by atoms with Crippen molar-refractivity contribution in [3.63, 3.8) is 0 Å². The minimum Gasteiger partial charge on any atom is -0.396 e. The summed E-state index contributed by atoms with van der Waals surface area (Å²) in [7, 11) is -0.735. The number of nitrogens with zero attached hydrogens (tertiary/aromatic N) is 4. The van der Waals surface area contributed by atoms with Gasteiger partial charge in [-0.15, -0.1) is 0 Å². The van der Waals surface area contributed by atoms with Crippen molar-refractivity contribution in [2.75, 3.05) is 29.7 Å². The molecule has 10 heteroatoms. The summed E-state index contributed by atoms with van der Waals surface area (Å²) < 4.78 is 47.7. The first kappa shape index (κ1) is 22.7. The second-order valence-corrected chi connectivity index (χ2v) is 11.4. The zero-order chi connectivity index (χ0) is 23.2. The molecule has 31 heavy (non-hydrogen) atoms. The minimum atomic E-state index is -4.54. The number of nitrogen functional groups attached to an aromatic ring is 1. The molecule has 0 unspecified atom stereocenters. The van der Waals surface area contributed by atoms with Crippen LogP contribution in [0.2, 0.25) is 0 Å². The number of pyridine rings is 2. The van der Waals surface area contributed by atoms with Gasteiger partial charge in [0.15, 0.2) is 5.82 Å². The van der Waals surface area contributed by atoms with E-state index in [0.29, 0.717) is 22.0 Å². The highest BCUT2D eigenvalue weighted by atomic mass is 32.2. The van der Waals surface area contributed by atoms with Crippen LogP contribution in [0.4, 0.5) is 24.7 Å². The Morgan fingerprint density at radius 3 is 2.48 bits per heavy atom. The third-order valence-electron chi connectivity index (χ3n) is 5.77. The first-order valence-corrected chi connectivity index (χ1v) is 12.1. The molecule has 1 aliphatic rings. The molecule has 166 valence electrons. The third-order valence-corrected chi connectivity index (χ3v) is 8.44. The number of halogens is 3. The van der Waals surface area contributed by atoms with E-state index in [-0.39, 0.29) is 11.5 Å². The molecule has 0 aromatic carbocycles. The van der Waals surface area contributed by atoms with Gasteiger partial charge in [0, 0.05) is 24.3 Å². The van der Waals surface area contributed by atoms with Crippen LogP contribution in [-0.4, -0.2) is 29.0 Å². The number of nitrogens with one attached hydrogen (secondary N) is 1. The number of aromatic nitrogens is 2. The van der Waals surface area contributed by atoms with E-state index >= 15 is 0 Å². The van der Waals surface area contributed by atoms with Crippen molar-refractivity contribution in [3.05, 3.63) is 47.9 Å². The number of alkyl halides is 3. The molecule has 2 aromatic rings. The van der Waals surface area contributed by atoms with E-state index in [2.05, 4.69) is 22.6 Å². The summed E-state index contributed by atoms with van der Waals surface area (Å²) in [6, 6.07) is 5.06. The fraction of sp³-hybridized carbons (Fsp3) is 0.381. The third kappa shape index (κ3) is 4.14. The predicted octanol–water partition coefficient (Wildman–Crippen LogP) is 4.40. The lowest BCUT2D eigenvalue weighted by molar-refractivity contribution is -0.137. The normalized spacial score (nSPS) is 15.8. The first-order chi connectivity index (χ1) is 14.4. The molecular formula is C21H25F3N6S. The SMILES string of the molecule is C=C(c1ncc(C2(C#N)CC2)cc1[SH](C)(=N)CC)N(C)c1ncc(C(F)(F)F)cc1N. The van der Waals surface area contributed by atoms with Gasteiger partial charge in [-0.25, -0.2) is 4.98 Å². The molecule has 1 saturated carbocycles. The summed E-state index contributed by atoms with van der Waals surface area (Å²) in [6.45, 7) is 5.99. The Kier molecular flexibility index (Phi) is 5.61. The average molecular weight is 451 g/mol. The monoisotopic (exact) mass is 450 g/mol.